The predicted octanol–water partition coefficient (Wildman–Crippen LogP) is 3.70. The zero-order chi connectivity index (χ0) is 26.7. The Labute approximate surface area is 232 Å². The molecule has 0 bridgehead atoms. The van der Waals surface area contributed by atoms with Gasteiger partial charge in [-0.2, -0.15) is 0 Å². The summed E-state index contributed by atoms with van der Waals surface area (Å²) in [5.41, 5.74) is 14.7. The minimum absolute atomic E-state index is 0.0249. The number of halogens is 1. The molecule has 0 amide bonds. The lowest BCUT2D eigenvalue weighted by Gasteiger charge is -2.46. The second-order valence-electron chi connectivity index (χ2n) is 11.3. The molecule has 2 fully saturated rings. The fraction of sp³-hybridized carbons (Fsp3) is 0.481. The number of nitrogens with zero attached hydrogens (tertiary/aromatic N) is 6. The highest BCUT2D eigenvalue weighted by molar-refractivity contribution is 7.99. The fourth-order valence-electron chi connectivity index (χ4n) is 5.86. The minimum Gasteiger partial charge on any atom is -0.390 e. The number of fused-ring (bicyclic) bond motifs is 1. The molecule has 0 aromatic carbocycles. The van der Waals surface area contributed by atoms with Gasteiger partial charge < -0.3 is 26.4 Å². The van der Waals surface area contributed by atoms with Crippen molar-refractivity contribution in [3.63, 3.8) is 0 Å². The van der Waals surface area contributed by atoms with Gasteiger partial charge in [0.2, 0.25) is 0 Å². The lowest BCUT2D eigenvalue weighted by Crippen LogP contribution is -2.56. The summed E-state index contributed by atoms with van der Waals surface area (Å²) in [4.78, 5) is 23.5. The van der Waals surface area contributed by atoms with Crippen LogP contribution in [0.3, 0.4) is 0 Å². The number of piperidine rings is 1. The van der Waals surface area contributed by atoms with Crippen LogP contribution in [-0.2, 0) is 6.42 Å². The van der Waals surface area contributed by atoms with Crippen LogP contribution < -0.4 is 21.3 Å². The van der Waals surface area contributed by atoms with E-state index in [1.807, 2.05) is 32.2 Å². The molecule has 0 radical (unpaired) electrons. The Bertz CT molecular complexity index is 1350. The van der Waals surface area contributed by atoms with Gasteiger partial charge in [-0.25, -0.2) is 15.0 Å². The number of aliphatic hydroxyl groups is 1. The highest BCUT2D eigenvalue weighted by Gasteiger charge is 2.47. The van der Waals surface area contributed by atoms with Crippen molar-refractivity contribution >= 4 is 40.8 Å². The lowest BCUT2D eigenvalue weighted by atomic mass is 9.73. The first-order chi connectivity index (χ1) is 18.1. The highest BCUT2D eigenvalue weighted by atomic mass is 35.5. The SMILES string of the molecule is CC(C)(O)C1CN(c2nccc(Sc3ncc(N4CCC5(CC4)Cc4cccnc4[C@H]5N)nc3N)c2Cl)C1. The molecule has 3 aromatic rings. The van der Waals surface area contributed by atoms with Gasteiger partial charge in [0.1, 0.15) is 16.7 Å². The zero-order valence-electron chi connectivity index (χ0n) is 21.6. The summed E-state index contributed by atoms with van der Waals surface area (Å²) < 4.78 is 0. The maximum Gasteiger partial charge on any atom is 0.158 e. The number of aromatic nitrogens is 4. The van der Waals surface area contributed by atoms with Gasteiger partial charge in [0, 0.05) is 49.4 Å². The van der Waals surface area contributed by atoms with Gasteiger partial charge in [0.25, 0.3) is 0 Å². The van der Waals surface area contributed by atoms with E-state index in [0.29, 0.717) is 34.8 Å². The molecule has 3 aromatic heterocycles. The van der Waals surface area contributed by atoms with Crippen molar-refractivity contribution in [1.29, 1.82) is 0 Å². The Morgan fingerprint density at radius 1 is 1.11 bits per heavy atom. The average Bonchev–Trinajstić information content (AvgIpc) is 3.12. The van der Waals surface area contributed by atoms with Gasteiger partial charge in [0.05, 0.1) is 28.6 Å². The maximum absolute atomic E-state index is 10.2. The van der Waals surface area contributed by atoms with Crippen LogP contribution in [0.15, 0.2) is 46.7 Å². The second kappa shape index (κ2) is 9.51. The smallest absolute Gasteiger partial charge is 0.158 e. The first kappa shape index (κ1) is 25.6. The monoisotopic (exact) mass is 552 g/mol. The van der Waals surface area contributed by atoms with E-state index in [1.165, 1.54) is 17.3 Å². The molecule has 200 valence electrons. The number of anilines is 3. The Hall–Kier alpha value is -2.66. The fourth-order valence-corrected chi connectivity index (χ4v) is 6.98. The van der Waals surface area contributed by atoms with Crippen LogP contribution in [0.5, 0.6) is 0 Å². The van der Waals surface area contributed by atoms with Gasteiger partial charge in [-0.05, 0) is 56.2 Å². The number of hydrogen-bond acceptors (Lipinski definition) is 10. The Balaban J connectivity index is 1.12. The number of nitrogens with two attached hydrogens (primary N) is 2. The van der Waals surface area contributed by atoms with Crippen LogP contribution in [0.2, 0.25) is 5.02 Å². The quantitative estimate of drug-likeness (QED) is 0.430. The molecule has 3 aliphatic rings. The lowest BCUT2D eigenvalue weighted by molar-refractivity contribution is 0.00438. The number of nitrogen functional groups attached to an aromatic ring is 1. The van der Waals surface area contributed by atoms with E-state index in [-0.39, 0.29) is 17.4 Å². The molecule has 1 atom stereocenters. The van der Waals surface area contributed by atoms with Gasteiger partial charge >= 0.3 is 0 Å². The van der Waals surface area contributed by atoms with E-state index in [9.17, 15) is 5.11 Å². The molecule has 9 nitrogen and oxygen atoms in total. The summed E-state index contributed by atoms with van der Waals surface area (Å²) in [6, 6.07) is 5.99. The van der Waals surface area contributed by atoms with E-state index in [0.717, 1.165) is 48.8 Å². The molecule has 5 heterocycles. The van der Waals surface area contributed by atoms with Crippen LogP contribution in [0.25, 0.3) is 0 Å². The summed E-state index contributed by atoms with van der Waals surface area (Å²) in [5.74, 6) is 2.06. The summed E-state index contributed by atoms with van der Waals surface area (Å²) in [5, 5.41) is 11.4. The molecule has 38 heavy (non-hydrogen) atoms. The van der Waals surface area contributed by atoms with E-state index >= 15 is 0 Å². The molecular formula is C27H33ClN8OS. The van der Waals surface area contributed by atoms with Gasteiger partial charge in [-0.1, -0.05) is 29.4 Å². The molecule has 0 saturated carbocycles. The van der Waals surface area contributed by atoms with Crippen LogP contribution in [0.1, 0.15) is 44.0 Å². The third-order valence-electron chi connectivity index (χ3n) is 8.48. The molecule has 2 saturated heterocycles. The molecule has 2 aliphatic heterocycles. The first-order valence-electron chi connectivity index (χ1n) is 13.0. The second-order valence-corrected chi connectivity index (χ2v) is 12.7. The maximum atomic E-state index is 10.2. The first-order valence-corrected chi connectivity index (χ1v) is 14.2. The summed E-state index contributed by atoms with van der Waals surface area (Å²) in [6.45, 7) is 6.80. The molecule has 5 N–H and O–H groups in total. The average molecular weight is 553 g/mol. The Kier molecular flexibility index (Phi) is 6.41. The summed E-state index contributed by atoms with van der Waals surface area (Å²) in [7, 11) is 0. The van der Waals surface area contributed by atoms with E-state index < -0.39 is 5.60 Å². The Morgan fingerprint density at radius 3 is 2.55 bits per heavy atom. The van der Waals surface area contributed by atoms with E-state index in [1.54, 1.807) is 12.4 Å². The van der Waals surface area contributed by atoms with E-state index in [2.05, 4.69) is 30.8 Å². The minimum atomic E-state index is -0.721. The number of rotatable bonds is 5. The van der Waals surface area contributed by atoms with Crippen molar-refractivity contribution in [3.05, 3.63) is 53.1 Å². The molecular weight excluding hydrogens is 520 g/mol. The number of hydrogen-bond donors (Lipinski definition) is 3. The van der Waals surface area contributed by atoms with Crippen molar-refractivity contribution < 1.29 is 5.11 Å². The van der Waals surface area contributed by atoms with Crippen molar-refractivity contribution in [3.8, 4) is 0 Å². The van der Waals surface area contributed by atoms with Crippen molar-refractivity contribution in [1.82, 2.24) is 19.9 Å². The van der Waals surface area contributed by atoms with Crippen LogP contribution in [-0.4, -0.2) is 56.8 Å². The normalized spacial score (nSPS) is 21.0. The van der Waals surface area contributed by atoms with Gasteiger partial charge in [-0.15, -0.1) is 0 Å². The van der Waals surface area contributed by atoms with E-state index in [4.69, 9.17) is 28.1 Å². The standard InChI is InChI=1S/C27H33ClN8OS/c1-26(2,37)17-14-36(15-17)24-20(28)18(5-9-32-24)38-25-23(30)34-19(13-33-25)35-10-6-27(7-11-35)12-16-4-3-8-31-21(16)22(27)29/h3-5,8-9,13,17,22,37H,6-7,10-12,14-15,29H2,1-2H3,(H2,30,34)/t22-/m1/s1. The topological polar surface area (TPSA) is 130 Å². The van der Waals surface area contributed by atoms with Gasteiger partial charge in [0.15, 0.2) is 5.82 Å². The van der Waals surface area contributed by atoms with Crippen LogP contribution in [0.4, 0.5) is 17.5 Å². The van der Waals surface area contributed by atoms with Crippen molar-refractivity contribution in [2.75, 3.05) is 41.7 Å². The summed E-state index contributed by atoms with van der Waals surface area (Å²) in [6.07, 6.45) is 8.30. The van der Waals surface area contributed by atoms with Crippen LogP contribution >= 0.6 is 23.4 Å². The summed E-state index contributed by atoms with van der Waals surface area (Å²) >= 11 is 8.13. The predicted molar refractivity (Wildman–Crippen MR) is 151 cm³/mol. The molecule has 11 heteroatoms. The zero-order valence-corrected chi connectivity index (χ0v) is 23.2. The molecule has 1 aliphatic carbocycles. The van der Waals surface area contributed by atoms with Crippen molar-refractivity contribution in [2.24, 2.45) is 17.1 Å². The molecule has 0 unspecified atom stereocenters. The highest BCUT2D eigenvalue weighted by Crippen LogP contribution is 2.50. The third kappa shape index (κ3) is 4.47. The van der Waals surface area contributed by atoms with Crippen molar-refractivity contribution in [2.45, 2.75) is 54.7 Å². The number of pyridine rings is 2. The molecule has 6 rings (SSSR count). The largest absolute Gasteiger partial charge is 0.390 e. The van der Waals surface area contributed by atoms with Gasteiger partial charge in [-0.3, -0.25) is 4.98 Å². The molecule has 1 spiro atoms. The van der Waals surface area contributed by atoms with Crippen LogP contribution in [0, 0.1) is 11.3 Å². The Morgan fingerprint density at radius 2 is 1.87 bits per heavy atom. The third-order valence-corrected chi connectivity index (χ3v) is 10.0.